The van der Waals surface area contributed by atoms with Crippen LogP contribution in [0.4, 0.5) is 11.4 Å². The number of carbonyl (C=O) groups excluding carboxylic acids is 2. The molecule has 0 aromatic heterocycles. The average molecular weight is 463 g/mol. The highest BCUT2D eigenvalue weighted by atomic mass is 35.5. The highest BCUT2D eigenvalue weighted by Gasteiger charge is 2.33. The fraction of sp³-hybridized carbons (Fsp3) is 0.160. The van der Waals surface area contributed by atoms with Gasteiger partial charge in [-0.3, -0.25) is 9.59 Å². The average Bonchev–Trinajstić information content (AvgIpc) is 3.25. The molecule has 33 heavy (non-hydrogen) atoms. The first-order chi connectivity index (χ1) is 15.8. The Hall–Kier alpha value is -3.84. The third kappa shape index (κ3) is 4.99. The van der Waals surface area contributed by atoms with Crippen molar-refractivity contribution < 1.29 is 14.3 Å². The minimum atomic E-state index is -0.691. The summed E-state index contributed by atoms with van der Waals surface area (Å²) in [7, 11) is 3.93. The minimum Gasteiger partial charge on any atom is -0.446 e. The van der Waals surface area contributed by atoms with Crippen LogP contribution < -0.4 is 10.2 Å². The summed E-state index contributed by atoms with van der Waals surface area (Å²) < 4.78 is 6.05. The highest BCUT2D eigenvalue weighted by molar-refractivity contribution is 6.31. The lowest BCUT2D eigenvalue weighted by Gasteiger charge is -2.19. The molecule has 0 saturated heterocycles. The van der Waals surface area contributed by atoms with Gasteiger partial charge in [-0.05, 0) is 54.6 Å². The summed E-state index contributed by atoms with van der Waals surface area (Å²) in [5.74, 6) is -0.128. The van der Waals surface area contributed by atoms with Gasteiger partial charge in [0, 0.05) is 54.1 Å². The van der Waals surface area contributed by atoms with Crippen LogP contribution in [-0.4, -0.2) is 36.8 Å². The van der Waals surface area contributed by atoms with E-state index >= 15 is 0 Å². The quantitative estimate of drug-likeness (QED) is 0.585. The van der Waals surface area contributed by atoms with Gasteiger partial charge in [-0.25, -0.2) is 0 Å². The van der Waals surface area contributed by atoms with Crippen molar-refractivity contribution in [3.05, 3.63) is 94.5 Å². The topological polar surface area (TPSA) is 74.2 Å². The maximum Gasteiger partial charge on any atom is 0.255 e. The fourth-order valence-electron chi connectivity index (χ4n) is 3.37. The van der Waals surface area contributed by atoms with Crippen molar-refractivity contribution in [2.75, 3.05) is 24.3 Å². The number of rotatable bonds is 5. The first-order valence-electron chi connectivity index (χ1n) is 10.3. The normalized spacial score (nSPS) is 15.0. The molecule has 0 aliphatic carbocycles. The van der Waals surface area contributed by atoms with Crippen LogP contribution in [0.2, 0.25) is 5.02 Å². The Bertz CT molecular complexity index is 1210. The van der Waals surface area contributed by atoms with Crippen LogP contribution in [-0.2, 0) is 9.53 Å². The molecule has 1 aliphatic rings. The van der Waals surface area contributed by atoms with Crippen LogP contribution in [0.25, 0.3) is 0 Å². The highest BCUT2D eigenvalue weighted by Crippen LogP contribution is 2.31. The summed E-state index contributed by atoms with van der Waals surface area (Å²) in [6, 6.07) is 21.6. The second-order valence-electron chi connectivity index (χ2n) is 7.77. The van der Waals surface area contributed by atoms with Crippen molar-refractivity contribution in [3.63, 3.8) is 0 Å². The SMILES string of the molecule is CC(=O)N1N=C(c2ccc(N(C)C)cc2)O[C@@H]1c1ccc(NC(=O)c2cccc(Cl)c2)cc1. The Morgan fingerprint density at radius 3 is 2.33 bits per heavy atom. The Labute approximate surface area is 197 Å². The second kappa shape index (κ2) is 9.34. The van der Waals surface area contributed by atoms with Crippen molar-refractivity contribution in [1.29, 1.82) is 0 Å². The molecule has 1 atom stereocenters. The van der Waals surface area contributed by atoms with E-state index in [2.05, 4.69) is 10.4 Å². The zero-order chi connectivity index (χ0) is 23.5. The van der Waals surface area contributed by atoms with E-state index in [4.69, 9.17) is 16.3 Å². The van der Waals surface area contributed by atoms with E-state index in [-0.39, 0.29) is 11.8 Å². The molecule has 0 saturated carbocycles. The summed E-state index contributed by atoms with van der Waals surface area (Å²) in [4.78, 5) is 26.7. The maximum absolute atomic E-state index is 12.4. The van der Waals surface area contributed by atoms with Crippen LogP contribution in [0.15, 0.2) is 77.9 Å². The largest absolute Gasteiger partial charge is 0.446 e. The summed E-state index contributed by atoms with van der Waals surface area (Å²) >= 11 is 5.96. The van der Waals surface area contributed by atoms with Crippen molar-refractivity contribution in [1.82, 2.24) is 5.01 Å². The zero-order valence-corrected chi connectivity index (χ0v) is 19.2. The number of hydrogen-bond donors (Lipinski definition) is 1. The number of hydrogen-bond acceptors (Lipinski definition) is 5. The predicted octanol–water partition coefficient (Wildman–Crippen LogP) is 4.90. The van der Waals surface area contributed by atoms with Gasteiger partial charge in [-0.1, -0.05) is 29.8 Å². The molecule has 3 aromatic carbocycles. The minimum absolute atomic E-state index is 0.238. The summed E-state index contributed by atoms with van der Waals surface area (Å²) in [6.45, 7) is 1.44. The number of nitrogens with zero attached hydrogens (tertiary/aromatic N) is 3. The Morgan fingerprint density at radius 1 is 1.03 bits per heavy atom. The first kappa shape index (κ1) is 22.4. The molecule has 0 spiro atoms. The van der Waals surface area contributed by atoms with Crippen LogP contribution in [0, 0.1) is 0 Å². The molecular weight excluding hydrogens is 440 g/mol. The third-order valence-corrected chi connectivity index (χ3v) is 5.37. The van der Waals surface area contributed by atoms with Crippen LogP contribution >= 0.6 is 11.6 Å². The number of benzene rings is 3. The molecule has 7 nitrogen and oxygen atoms in total. The van der Waals surface area contributed by atoms with Gasteiger partial charge in [-0.2, -0.15) is 5.01 Å². The molecule has 0 unspecified atom stereocenters. The summed E-state index contributed by atoms with van der Waals surface area (Å²) in [5.41, 5.74) is 3.63. The number of amides is 2. The van der Waals surface area contributed by atoms with Crippen molar-refractivity contribution in [2.24, 2.45) is 5.10 Å². The van der Waals surface area contributed by atoms with Gasteiger partial charge >= 0.3 is 0 Å². The van der Waals surface area contributed by atoms with Crippen LogP contribution in [0.3, 0.4) is 0 Å². The van der Waals surface area contributed by atoms with Gasteiger partial charge in [0.25, 0.3) is 5.91 Å². The van der Waals surface area contributed by atoms with E-state index in [1.807, 2.05) is 43.3 Å². The molecule has 3 aromatic rings. The van der Waals surface area contributed by atoms with Gasteiger partial charge in [0.2, 0.25) is 18.0 Å². The molecular formula is C25H23ClN4O3. The molecule has 2 amide bonds. The smallest absolute Gasteiger partial charge is 0.255 e. The number of ether oxygens (including phenoxy) is 1. The van der Waals surface area contributed by atoms with Crippen LogP contribution in [0.1, 0.15) is 34.6 Å². The molecule has 0 radical (unpaired) electrons. The zero-order valence-electron chi connectivity index (χ0n) is 18.4. The lowest BCUT2D eigenvalue weighted by Crippen LogP contribution is -2.25. The molecule has 1 N–H and O–H groups in total. The van der Waals surface area contributed by atoms with E-state index in [0.29, 0.717) is 22.2 Å². The van der Waals surface area contributed by atoms with E-state index in [0.717, 1.165) is 16.8 Å². The number of anilines is 2. The van der Waals surface area contributed by atoms with E-state index in [1.165, 1.54) is 11.9 Å². The van der Waals surface area contributed by atoms with Crippen molar-refractivity contribution in [3.8, 4) is 0 Å². The molecule has 1 aliphatic heterocycles. The standard InChI is InChI=1S/C25H23ClN4O3/c1-16(31)30-25(33-24(28-30)17-9-13-22(14-10-17)29(2)3)18-7-11-21(12-8-18)27-23(32)19-5-4-6-20(26)15-19/h4-15,25H,1-3H3,(H,27,32)/t25-/m1/s1. The number of hydrazone groups is 1. The summed E-state index contributed by atoms with van der Waals surface area (Å²) in [5, 5.41) is 9.03. The predicted molar refractivity (Wildman–Crippen MR) is 129 cm³/mol. The monoisotopic (exact) mass is 462 g/mol. The molecule has 168 valence electrons. The Kier molecular flexibility index (Phi) is 6.33. The Balaban J connectivity index is 1.50. The lowest BCUT2D eigenvalue weighted by molar-refractivity contribution is -0.135. The summed E-state index contributed by atoms with van der Waals surface area (Å²) in [6.07, 6.45) is -0.691. The maximum atomic E-state index is 12.4. The van der Waals surface area contributed by atoms with Gasteiger partial charge in [0.15, 0.2) is 0 Å². The Morgan fingerprint density at radius 2 is 1.73 bits per heavy atom. The first-order valence-corrected chi connectivity index (χ1v) is 10.7. The van der Waals surface area contributed by atoms with Gasteiger partial charge in [0.05, 0.1) is 0 Å². The number of nitrogens with one attached hydrogen (secondary N) is 1. The number of carbonyl (C=O) groups is 2. The lowest BCUT2D eigenvalue weighted by atomic mass is 10.1. The van der Waals surface area contributed by atoms with Crippen molar-refractivity contribution in [2.45, 2.75) is 13.2 Å². The molecule has 1 heterocycles. The van der Waals surface area contributed by atoms with Gasteiger partial charge in [-0.15, -0.1) is 5.10 Å². The van der Waals surface area contributed by atoms with Gasteiger partial charge in [0.1, 0.15) is 0 Å². The molecule has 0 bridgehead atoms. The van der Waals surface area contributed by atoms with E-state index in [1.54, 1.807) is 48.5 Å². The van der Waals surface area contributed by atoms with E-state index in [9.17, 15) is 9.59 Å². The molecule has 0 fully saturated rings. The van der Waals surface area contributed by atoms with Crippen molar-refractivity contribution >= 4 is 40.7 Å². The van der Waals surface area contributed by atoms with Gasteiger partial charge < -0.3 is 15.0 Å². The third-order valence-electron chi connectivity index (χ3n) is 5.14. The molecule has 8 heteroatoms. The fourth-order valence-corrected chi connectivity index (χ4v) is 3.56. The van der Waals surface area contributed by atoms with Crippen LogP contribution in [0.5, 0.6) is 0 Å². The molecule has 4 rings (SSSR count). The van der Waals surface area contributed by atoms with E-state index < -0.39 is 6.23 Å². The second-order valence-corrected chi connectivity index (χ2v) is 8.20. The number of halogens is 1.